The van der Waals surface area contributed by atoms with Crippen LogP contribution in [0.15, 0.2) is 33.1 Å². The fourth-order valence-electron chi connectivity index (χ4n) is 2.49. The van der Waals surface area contributed by atoms with Crippen molar-refractivity contribution in [2.45, 2.75) is 29.0 Å². The maximum absolute atomic E-state index is 5.89. The zero-order chi connectivity index (χ0) is 17.8. The summed E-state index contributed by atoms with van der Waals surface area (Å²) < 4.78 is 11.7. The van der Waals surface area contributed by atoms with Crippen LogP contribution in [0.25, 0.3) is 11.5 Å². The quantitative estimate of drug-likeness (QED) is 0.583. The van der Waals surface area contributed by atoms with Gasteiger partial charge in [-0.3, -0.25) is 0 Å². The number of nitrogens with zero attached hydrogens (tertiary/aromatic N) is 4. The predicted molar refractivity (Wildman–Crippen MR) is 102 cm³/mol. The molecule has 3 heterocycles. The number of thioether (sulfide) groups is 1. The molecule has 1 aromatic carbocycles. The summed E-state index contributed by atoms with van der Waals surface area (Å²) in [5.41, 5.74) is 0.842. The minimum Gasteiger partial charge on any atom is -0.376 e. The van der Waals surface area contributed by atoms with Crippen molar-refractivity contribution < 1.29 is 9.26 Å². The number of hydrogen-bond donors (Lipinski definition) is 1. The summed E-state index contributed by atoms with van der Waals surface area (Å²) in [5.74, 6) is 1.66. The first-order valence-electron chi connectivity index (χ1n) is 8.16. The molecule has 136 valence electrons. The third-order valence-corrected chi connectivity index (χ3v) is 6.06. The van der Waals surface area contributed by atoms with E-state index < -0.39 is 0 Å². The third-order valence-electron chi connectivity index (χ3n) is 3.80. The highest BCUT2D eigenvalue weighted by molar-refractivity contribution is 8.00. The molecule has 0 spiro atoms. The number of anilines is 1. The Bertz CT molecular complexity index is 848. The summed E-state index contributed by atoms with van der Waals surface area (Å²) in [6, 6.07) is 7.29. The van der Waals surface area contributed by atoms with Crippen molar-refractivity contribution in [1.82, 2.24) is 20.3 Å². The number of aromatic nitrogens is 4. The van der Waals surface area contributed by atoms with Gasteiger partial charge in [-0.05, 0) is 37.1 Å². The molecule has 1 unspecified atom stereocenters. The van der Waals surface area contributed by atoms with Gasteiger partial charge in [-0.25, -0.2) is 0 Å². The highest BCUT2D eigenvalue weighted by Gasteiger charge is 2.16. The van der Waals surface area contributed by atoms with Crippen molar-refractivity contribution in [3.8, 4) is 11.5 Å². The molecule has 1 atom stereocenters. The van der Waals surface area contributed by atoms with E-state index in [2.05, 4.69) is 25.7 Å². The van der Waals surface area contributed by atoms with Crippen LogP contribution in [0.2, 0.25) is 5.02 Å². The van der Waals surface area contributed by atoms with Crippen LogP contribution in [0.5, 0.6) is 0 Å². The van der Waals surface area contributed by atoms with E-state index in [4.69, 9.17) is 20.9 Å². The van der Waals surface area contributed by atoms with Crippen molar-refractivity contribution in [3.05, 3.63) is 35.1 Å². The van der Waals surface area contributed by atoms with E-state index in [0.29, 0.717) is 22.5 Å². The molecule has 4 rings (SSSR count). The second kappa shape index (κ2) is 8.34. The largest absolute Gasteiger partial charge is 0.376 e. The zero-order valence-corrected chi connectivity index (χ0v) is 16.1. The minimum absolute atomic E-state index is 0.278. The van der Waals surface area contributed by atoms with Gasteiger partial charge in [0.05, 0.1) is 11.9 Å². The number of rotatable bonds is 7. The molecule has 0 radical (unpaired) electrons. The lowest BCUT2D eigenvalue weighted by Gasteiger charge is -2.08. The van der Waals surface area contributed by atoms with Crippen LogP contribution in [-0.4, -0.2) is 39.6 Å². The van der Waals surface area contributed by atoms with Gasteiger partial charge in [0, 0.05) is 23.7 Å². The molecule has 1 fully saturated rings. The molecule has 0 bridgehead atoms. The van der Waals surface area contributed by atoms with Gasteiger partial charge in [0.1, 0.15) is 0 Å². The first-order chi connectivity index (χ1) is 12.8. The van der Waals surface area contributed by atoms with Crippen molar-refractivity contribution in [2.75, 3.05) is 18.5 Å². The lowest BCUT2D eigenvalue weighted by atomic mass is 10.2. The number of hydrogen-bond acceptors (Lipinski definition) is 9. The van der Waals surface area contributed by atoms with E-state index in [1.165, 1.54) is 23.1 Å². The lowest BCUT2D eigenvalue weighted by Crippen LogP contribution is -2.18. The van der Waals surface area contributed by atoms with Gasteiger partial charge >= 0.3 is 0 Å². The van der Waals surface area contributed by atoms with Crippen LogP contribution in [0.1, 0.15) is 18.7 Å². The fraction of sp³-hybridized carbons (Fsp3) is 0.375. The summed E-state index contributed by atoms with van der Waals surface area (Å²) >= 11 is 8.93. The Labute approximate surface area is 163 Å². The predicted octanol–water partition coefficient (Wildman–Crippen LogP) is 4.12. The average Bonchev–Trinajstić information content (AvgIpc) is 3.40. The van der Waals surface area contributed by atoms with Gasteiger partial charge in [0.25, 0.3) is 5.89 Å². The van der Waals surface area contributed by atoms with Gasteiger partial charge in [-0.15, -0.1) is 10.2 Å². The van der Waals surface area contributed by atoms with Crippen molar-refractivity contribution >= 4 is 39.8 Å². The van der Waals surface area contributed by atoms with Crippen molar-refractivity contribution in [1.29, 1.82) is 0 Å². The van der Waals surface area contributed by atoms with Gasteiger partial charge in [0.15, 0.2) is 10.2 Å². The average molecular weight is 410 g/mol. The molecule has 1 aliphatic heterocycles. The molecule has 1 N–H and O–H groups in total. The number of benzene rings is 1. The van der Waals surface area contributed by atoms with Crippen LogP contribution in [0, 0.1) is 0 Å². The fourth-order valence-corrected chi connectivity index (χ4v) is 4.22. The molecule has 1 aliphatic rings. The Hall–Kier alpha value is -1.68. The van der Waals surface area contributed by atoms with Crippen LogP contribution in [0.3, 0.4) is 0 Å². The maximum Gasteiger partial charge on any atom is 0.257 e. The Kier molecular flexibility index (Phi) is 5.68. The van der Waals surface area contributed by atoms with Crippen LogP contribution < -0.4 is 5.32 Å². The van der Waals surface area contributed by atoms with Crippen molar-refractivity contribution in [2.24, 2.45) is 0 Å². The first kappa shape index (κ1) is 17.7. The summed E-state index contributed by atoms with van der Waals surface area (Å²) in [5, 5.41) is 17.1. The number of ether oxygens (including phenoxy) is 1. The zero-order valence-electron chi connectivity index (χ0n) is 13.7. The van der Waals surface area contributed by atoms with Gasteiger partial charge in [0.2, 0.25) is 5.13 Å². The van der Waals surface area contributed by atoms with Gasteiger partial charge in [-0.1, -0.05) is 39.9 Å². The first-order valence-corrected chi connectivity index (χ1v) is 10.3. The molecule has 1 saturated heterocycles. The Morgan fingerprint density at radius 2 is 2.15 bits per heavy atom. The standard InChI is InChI=1S/C16H16ClN5O2S2/c17-11-5-3-10(4-6-11)14-19-13(22-24-14)9-25-16-21-20-15(26-16)18-8-12-2-1-7-23-12/h3-6,12H,1-2,7-9H2,(H,18,20). The van der Waals surface area contributed by atoms with Gasteiger partial charge in [-0.2, -0.15) is 4.98 Å². The van der Waals surface area contributed by atoms with E-state index in [1.807, 2.05) is 12.1 Å². The molecule has 7 nitrogen and oxygen atoms in total. The van der Waals surface area contributed by atoms with E-state index in [-0.39, 0.29) is 6.10 Å². The SMILES string of the molecule is Clc1ccc(-c2nc(CSc3nnc(NCC4CCCO4)s3)no2)cc1. The molecule has 0 aliphatic carbocycles. The third kappa shape index (κ3) is 4.53. The molecular formula is C16H16ClN5O2S2. The Balaban J connectivity index is 1.29. The van der Waals surface area contributed by atoms with E-state index in [1.54, 1.807) is 12.1 Å². The Morgan fingerprint density at radius 3 is 2.96 bits per heavy atom. The van der Waals surface area contributed by atoms with Crippen LogP contribution in [-0.2, 0) is 10.5 Å². The highest BCUT2D eigenvalue weighted by Crippen LogP contribution is 2.28. The lowest BCUT2D eigenvalue weighted by molar-refractivity contribution is 0.120. The minimum atomic E-state index is 0.278. The molecule has 2 aromatic heterocycles. The molecule has 0 amide bonds. The van der Waals surface area contributed by atoms with Crippen molar-refractivity contribution in [3.63, 3.8) is 0 Å². The van der Waals surface area contributed by atoms with E-state index >= 15 is 0 Å². The summed E-state index contributed by atoms with van der Waals surface area (Å²) in [6.07, 6.45) is 2.51. The molecule has 3 aromatic rings. The van der Waals surface area contributed by atoms with E-state index in [0.717, 1.165) is 41.0 Å². The summed E-state index contributed by atoms with van der Waals surface area (Å²) in [6.45, 7) is 1.63. The summed E-state index contributed by atoms with van der Waals surface area (Å²) in [4.78, 5) is 4.40. The van der Waals surface area contributed by atoms with Crippen LogP contribution >= 0.6 is 34.7 Å². The van der Waals surface area contributed by atoms with Gasteiger partial charge < -0.3 is 14.6 Å². The molecule has 10 heteroatoms. The monoisotopic (exact) mass is 409 g/mol. The molecule has 26 heavy (non-hydrogen) atoms. The Morgan fingerprint density at radius 1 is 1.27 bits per heavy atom. The summed E-state index contributed by atoms with van der Waals surface area (Å²) in [7, 11) is 0. The highest BCUT2D eigenvalue weighted by atomic mass is 35.5. The molecule has 0 saturated carbocycles. The molecular weight excluding hydrogens is 394 g/mol. The maximum atomic E-state index is 5.89. The topological polar surface area (TPSA) is 86.0 Å². The van der Waals surface area contributed by atoms with E-state index in [9.17, 15) is 0 Å². The number of halogens is 1. The smallest absolute Gasteiger partial charge is 0.257 e. The normalized spacial score (nSPS) is 16.9. The van der Waals surface area contributed by atoms with Crippen LogP contribution in [0.4, 0.5) is 5.13 Å². The second-order valence-corrected chi connectivity index (χ2v) is 8.34. The number of nitrogens with one attached hydrogen (secondary N) is 1. The second-order valence-electron chi connectivity index (χ2n) is 5.70.